The van der Waals surface area contributed by atoms with Crippen molar-refractivity contribution in [1.29, 1.82) is 0 Å². The van der Waals surface area contributed by atoms with Gasteiger partial charge in [0.25, 0.3) is 5.91 Å². The Morgan fingerprint density at radius 1 is 1.25 bits per heavy atom. The van der Waals surface area contributed by atoms with Crippen molar-refractivity contribution < 1.29 is 17.9 Å². The highest BCUT2D eigenvalue weighted by Gasteiger charge is 2.55. The van der Waals surface area contributed by atoms with E-state index >= 15 is 0 Å². The van der Waals surface area contributed by atoms with Gasteiger partial charge in [0.1, 0.15) is 0 Å². The Bertz CT molecular complexity index is 692. The molecule has 0 heterocycles. The molecule has 1 fully saturated rings. The Kier molecular flexibility index (Phi) is 5.40. The van der Waals surface area contributed by atoms with Crippen LogP contribution in [-0.2, 0) is 14.6 Å². The van der Waals surface area contributed by atoms with Gasteiger partial charge in [0.05, 0.1) is 11.0 Å². The number of amides is 1. The first kappa shape index (κ1) is 18.9. The van der Waals surface area contributed by atoms with E-state index in [0.717, 1.165) is 25.5 Å². The second kappa shape index (κ2) is 6.84. The maximum atomic E-state index is 12.8. The summed E-state index contributed by atoms with van der Waals surface area (Å²) in [6.07, 6.45) is 4.09. The fourth-order valence-corrected chi connectivity index (χ4v) is 4.60. The molecule has 0 radical (unpaired) electrons. The quantitative estimate of drug-likeness (QED) is 0.789. The standard InChI is InChI=1S/C18H27NO4S/c1-6-18(7-2)15(12-16(18)23-4)19(3)17(20)13-8-10-14(11-9-13)24(5,21)22/h8-11,15-16H,6-7,12H2,1-5H3. The predicted molar refractivity (Wildman–Crippen MR) is 93.9 cm³/mol. The van der Waals surface area contributed by atoms with Crippen molar-refractivity contribution in [2.24, 2.45) is 5.41 Å². The van der Waals surface area contributed by atoms with Gasteiger partial charge in [-0.25, -0.2) is 8.42 Å². The number of ether oxygens (including phenoxy) is 1. The lowest BCUT2D eigenvalue weighted by atomic mass is 9.58. The van der Waals surface area contributed by atoms with Gasteiger partial charge in [0.15, 0.2) is 9.84 Å². The molecular weight excluding hydrogens is 326 g/mol. The molecule has 0 aliphatic heterocycles. The van der Waals surface area contributed by atoms with Crippen molar-refractivity contribution in [2.45, 2.75) is 50.2 Å². The van der Waals surface area contributed by atoms with Crippen LogP contribution < -0.4 is 0 Å². The van der Waals surface area contributed by atoms with Crippen LogP contribution in [-0.4, -0.2) is 51.8 Å². The van der Waals surface area contributed by atoms with Gasteiger partial charge in [-0.3, -0.25) is 4.79 Å². The summed E-state index contributed by atoms with van der Waals surface area (Å²) in [5.74, 6) is -0.0825. The third-order valence-corrected chi connectivity index (χ3v) is 6.79. The molecule has 24 heavy (non-hydrogen) atoms. The van der Waals surface area contributed by atoms with Crippen LogP contribution in [0.3, 0.4) is 0 Å². The molecule has 1 saturated carbocycles. The summed E-state index contributed by atoms with van der Waals surface area (Å²) in [6, 6.07) is 6.28. The Labute approximate surface area is 144 Å². The summed E-state index contributed by atoms with van der Waals surface area (Å²) in [7, 11) is 0.298. The average molecular weight is 353 g/mol. The second-order valence-electron chi connectivity index (χ2n) is 6.63. The van der Waals surface area contributed by atoms with Crippen LogP contribution in [0, 0.1) is 5.41 Å². The summed E-state index contributed by atoms with van der Waals surface area (Å²) < 4.78 is 28.7. The molecule has 0 saturated heterocycles. The third kappa shape index (κ3) is 3.09. The van der Waals surface area contributed by atoms with Crippen molar-refractivity contribution >= 4 is 15.7 Å². The highest BCUT2D eigenvalue weighted by atomic mass is 32.2. The van der Waals surface area contributed by atoms with Crippen molar-refractivity contribution in [1.82, 2.24) is 4.90 Å². The van der Waals surface area contributed by atoms with Gasteiger partial charge in [-0.15, -0.1) is 0 Å². The maximum Gasteiger partial charge on any atom is 0.253 e. The van der Waals surface area contributed by atoms with Crippen molar-refractivity contribution in [3.8, 4) is 0 Å². The summed E-state index contributed by atoms with van der Waals surface area (Å²) >= 11 is 0. The molecule has 6 heteroatoms. The number of nitrogens with zero attached hydrogens (tertiary/aromatic N) is 1. The summed E-state index contributed by atoms with van der Waals surface area (Å²) in [4.78, 5) is 14.8. The minimum Gasteiger partial charge on any atom is -0.381 e. The molecule has 0 aromatic heterocycles. The topological polar surface area (TPSA) is 63.7 Å². The van der Waals surface area contributed by atoms with Gasteiger partial charge in [-0.1, -0.05) is 13.8 Å². The first-order valence-corrected chi connectivity index (χ1v) is 10.2. The third-order valence-electron chi connectivity index (χ3n) is 5.66. The molecule has 0 N–H and O–H groups in total. The molecule has 0 spiro atoms. The van der Waals surface area contributed by atoms with Gasteiger partial charge in [0, 0.05) is 37.4 Å². The fourth-order valence-electron chi connectivity index (χ4n) is 3.97. The molecule has 134 valence electrons. The molecule has 1 aliphatic carbocycles. The van der Waals surface area contributed by atoms with Gasteiger partial charge in [-0.2, -0.15) is 0 Å². The molecular formula is C18H27NO4S. The number of hydrogen-bond acceptors (Lipinski definition) is 4. The molecule has 1 amide bonds. The Morgan fingerprint density at radius 3 is 2.21 bits per heavy atom. The number of methoxy groups -OCH3 is 1. The van der Waals surface area contributed by atoms with E-state index < -0.39 is 9.84 Å². The van der Waals surface area contributed by atoms with Gasteiger partial charge >= 0.3 is 0 Å². The van der Waals surface area contributed by atoms with E-state index in [-0.39, 0.29) is 28.4 Å². The van der Waals surface area contributed by atoms with Crippen molar-refractivity contribution in [3.63, 3.8) is 0 Å². The molecule has 0 bridgehead atoms. The molecule has 2 atom stereocenters. The minimum atomic E-state index is -3.25. The zero-order valence-corrected chi connectivity index (χ0v) is 15.9. The van der Waals surface area contributed by atoms with Crippen LogP contribution in [0.15, 0.2) is 29.2 Å². The number of sulfone groups is 1. The van der Waals surface area contributed by atoms with E-state index in [1.165, 1.54) is 12.1 Å². The lowest BCUT2D eigenvalue weighted by Crippen LogP contribution is -2.64. The van der Waals surface area contributed by atoms with Crippen LogP contribution in [0.25, 0.3) is 0 Å². The fraction of sp³-hybridized carbons (Fsp3) is 0.611. The van der Waals surface area contributed by atoms with Gasteiger partial charge < -0.3 is 9.64 Å². The van der Waals surface area contributed by atoms with Gasteiger partial charge in [-0.05, 0) is 43.5 Å². The lowest BCUT2D eigenvalue weighted by Gasteiger charge is -2.57. The maximum absolute atomic E-state index is 12.8. The Hall–Kier alpha value is -1.40. The normalized spacial score (nSPS) is 22.7. The number of carbonyl (C=O) groups is 1. The molecule has 1 aliphatic rings. The average Bonchev–Trinajstić information content (AvgIpc) is 2.54. The molecule has 1 aromatic carbocycles. The van der Waals surface area contributed by atoms with E-state index in [4.69, 9.17) is 4.74 Å². The van der Waals surface area contributed by atoms with E-state index in [9.17, 15) is 13.2 Å². The number of benzene rings is 1. The van der Waals surface area contributed by atoms with E-state index in [1.807, 2.05) is 7.05 Å². The first-order valence-electron chi connectivity index (χ1n) is 8.31. The number of rotatable bonds is 6. The Morgan fingerprint density at radius 2 is 1.79 bits per heavy atom. The summed E-state index contributed by atoms with van der Waals surface area (Å²) in [5, 5.41) is 0. The van der Waals surface area contributed by atoms with Crippen molar-refractivity contribution in [3.05, 3.63) is 29.8 Å². The largest absolute Gasteiger partial charge is 0.381 e. The van der Waals surface area contributed by atoms with E-state index in [2.05, 4.69) is 13.8 Å². The van der Waals surface area contributed by atoms with Crippen LogP contribution in [0.5, 0.6) is 0 Å². The smallest absolute Gasteiger partial charge is 0.253 e. The SMILES string of the molecule is CCC1(CC)C(OC)CC1N(C)C(=O)c1ccc(S(C)(=O)=O)cc1. The predicted octanol–water partition coefficient (Wildman–Crippen LogP) is 2.76. The van der Waals surface area contributed by atoms with Crippen LogP contribution in [0.2, 0.25) is 0 Å². The minimum absolute atomic E-state index is 0.00808. The van der Waals surface area contributed by atoms with E-state index in [0.29, 0.717) is 5.56 Å². The molecule has 5 nitrogen and oxygen atoms in total. The Balaban J connectivity index is 2.21. The summed E-state index contributed by atoms with van der Waals surface area (Å²) in [6.45, 7) is 4.28. The highest BCUT2D eigenvalue weighted by Crippen LogP contribution is 2.51. The number of hydrogen-bond donors (Lipinski definition) is 0. The number of carbonyl (C=O) groups excluding carboxylic acids is 1. The lowest BCUT2D eigenvalue weighted by molar-refractivity contribution is -0.147. The second-order valence-corrected chi connectivity index (χ2v) is 8.64. The molecule has 2 unspecified atom stereocenters. The van der Waals surface area contributed by atoms with Gasteiger partial charge in [0.2, 0.25) is 0 Å². The molecule has 1 aromatic rings. The first-order chi connectivity index (χ1) is 11.2. The highest BCUT2D eigenvalue weighted by molar-refractivity contribution is 7.90. The molecule has 2 rings (SSSR count). The monoisotopic (exact) mass is 353 g/mol. The van der Waals surface area contributed by atoms with Crippen LogP contribution in [0.1, 0.15) is 43.5 Å². The zero-order chi connectivity index (χ0) is 18.1. The summed E-state index contributed by atoms with van der Waals surface area (Å²) in [5.41, 5.74) is 0.498. The van der Waals surface area contributed by atoms with E-state index in [1.54, 1.807) is 24.1 Å². The van der Waals surface area contributed by atoms with Crippen LogP contribution >= 0.6 is 0 Å². The zero-order valence-electron chi connectivity index (χ0n) is 15.1. The van der Waals surface area contributed by atoms with Crippen LogP contribution in [0.4, 0.5) is 0 Å². The van der Waals surface area contributed by atoms with Crippen molar-refractivity contribution in [2.75, 3.05) is 20.4 Å².